The van der Waals surface area contributed by atoms with E-state index in [-0.39, 0.29) is 10.6 Å². The topological polar surface area (TPSA) is 79.8 Å². The van der Waals surface area contributed by atoms with Crippen LogP contribution in [0.1, 0.15) is 42.7 Å². The zero-order valence-electron chi connectivity index (χ0n) is 13.4. The van der Waals surface area contributed by atoms with Crippen LogP contribution >= 0.6 is 11.3 Å². The number of aryl methyl sites for hydroxylation is 1. The number of nitriles is 1. The number of aromatic nitrogens is 1. The van der Waals surface area contributed by atoms with Gasteiger partial charge in [0.1, 0.15) is 11.1 Å². The van der Waals surface area contributed by atoms with Crippen molar-refractivity contribution in [1.82, 2.24) is 4.98 Å². The Balaban J connectivity index is 1.98. The quantitative estimate of drug-likeness (QED) is 0.433. The average molecular weight is 339 g/mol. The zero-order chi connectivity index (χ0) is 17.1. The van der Waals surface area contributed by atoms with E-state index in [1.165, 1.54) is 23.3 Å². The number of nitrogens with zero attached hydrogens (tertiary/aromatic N) is 3. The minimum Gasteiger partial charge on any atom is -0.258 e. The van der Waals surface area contributed by atoms with E-state index in [1.54, 1.807) is 19.1 Å². The van der Waals surface area contributed by atoms with E-state index in [0.717, 1.165) is 25.7 Å². The van der Waals surface area contributed by atoms with Crippen molar-refractivity contribution in [3.8, 4) is 17.3 Å². The summed E-state index contributed by atoms with van der Waals surface area (Å²) >= 11 is 1.43. The Labute approximate surface area is 144 Å². The summed E-state index contributed by atoms with van der Waals surface area (Å²) in [6.45, 7) is 1.72. The van der Waals surface area contributed by atoms with E-state index in [0.29, 0.717) is 27.4 Å². The second-order valence-electron chi connectivity index (χ2n) is 5.95. The molecule has 1 fully saturated rings. The van der Waals surface area contributed by atoms with Gasteiger partial charge in [0.15, 0.2) is 0 Å². The third kappa shape index (κ3) is 3.22. The van der Waals surface area contributed by atoms with Crippen molar-refractivity contribution in [1.29, 1.82) is 5.26 Å². The highest BCUT2D eigenvalue weighted by Crippen LogP contribution is 2.34. The molecule has 1 aliphatic carbocycles. The number of rotatable bonds is 3. The van der Waals surface area contributed by atoms with Crippen LogP contribution in [0.15, 0.2) is 29.2 Å². The van der Waals surface area contributed by atoms with Gasteiger partial charge in [-0.3, -0.25) is 10.1 Å². The maximum absolute atomic E-state index is 11.1. The fraction of sp³-hybridized carbons (Fsp3) is 0.333. The maximum atomic E-state index is 11.1. The lowest BCUT2D eigenvalue weighted by atomic mass is 9.91. The highest BCUT2D eigenvalue weighted by molar-refractivity contribution is 7.11. The number of hydrogen-bond donors (Lipinski definition) is 0. The molecule has 1 heterocycles. The first-order chi connectivity index (χ1) is 11.6. The first-order valence-electron chi connectivity index (χ1n) is 7.93. The zero-order valence-corrected chi connectivity index (χ0v) is 14.2. The highest BCUT2D eigenvalue weighted by Gasteiger charge is 2.18. The Hall–Kier alpha value is -2.52. The van der Waals surface area contributed by atoms with Crippen LogP contribution < -0.4 is 0 Å². The second-order valence-corrected chi connectivity index (χ2v) is 6.81. The van der Waals surface area contributed by atoms with Crippen LogP contribution in [0.5, 0.6) is 0 Å². The van der Waals surface area contributed by atoms with Crippen LogP contribution in [0, 0.1) is 28.4 Å². The molecule has 5 nitrogen and oxygen atoms in total. The molecule has 1 aromatic carbocycles. The molecule has 0 N–H and O–H groups in total. The average Bonchev–Trinajstić information content (AvgIpc) is 3.06. The molecule has 2 aromatic rings. The minimum absolute atomic E-state index is 0.0909. The standard InChI is InChI=1S/C18H17N3O2S/c1-12-7-8-14(9-17(12)21(22)23)16-11-24-18(20-16)15(10-19)13-5-3-2-4-6-13/h7-9,11H,2-6H2,1H3. The van der Waals surface area contributed by atoms with Crippen LogP contribution in [0.2, 0.25) is 0 Å². The molecule has 0 aliphatic heterocycles. The van der Waals surface area contributed by atoms with Gasteiger partial charge in [0, 0.05) is 22.6 Å². The summed E-state index contributed by atoms with van der Waals surface area (Å²) < 4.78 is 0. The Morgan fingerprint density at radius 2 is 2.08 bits per heavy atom. The molecule has 6 heteroatoms. The lowest BCUT2D eigenvalue weighted by Crippen LogP contribution is -1.97. The van der Waals surface area contributed by atoms with Gasteiger partial charge >= 0.3 is 0 Å². The van der Waals surface area contributed by atoms with E-state index >= 15 is 0 Å². The fourth-order valence-corrected chi connectivity index (χ4v) is 3.86. The van der Waals surface area contributed by atoms with Gasteiger partial charge in [-0.05, 0) is 38.2 Å². The summed E-state index contributed by atoms with van der Waals surface area (Å²) in [4.78, 5) is 15.3. The third-order valence-electron chi connectivity index (χ3n) is 4.34. The normalized spacial score (nSPS) is 14.2. The van der Waals surface area contributed by atoms with Crippen LogP contribution in [-0.4, -0.2) is 9.91 Å². The maximum Gasteiger partial charge on any atom is 0.272 e. The molecule has 0 radical (unpaired) electrons. The number of hydrogen-bond acceptors (Lipinski definition) is 5. The van der Waals surface area contributed by atoms with Crippen LogP contribution in [0.25, 0.3) is 16.8 Å². The van der Waals surface area contributed by atoms with Crippen molar-refractivity contribution in [3.05, 3.63) is 49.8 Å². The fourth-order valence-electron chi connectivity index (χ4n) is 2.99. The molecule has 1 saturated carbocycles. The van der Waals surface area contributed by atoms with Crippen LogP contribution in [0.3, 0.4) is 0 Å². The summed E-state index contributed by atoms with van der Waals surface area (Å²) in [5.41, 5.74) is 3.99. The van der Waals surface area contributed by atoms with Gasteiger partial charge in [-0.2, -0.15) is 5.26 Å². The summed E-state index contributed by atoms with van der Waals surface area (Å²) in [5.74, 6) is 0. The lowest BCUT2D eigenvalue weighted by Gasteiger charge is -2.14. The molecular weight excluding hydrogens is 322 g/mol. The molecule has 0 spiro atoms. The van der Waals surface area contributed by atoms with E-state index in [9.17, 15) is 15.4 Å². The molecule has 0 saturated heterocycles. The summed E-state index contributed by atoms with van der Waals surface area (Å²) in [5, 5.41) is 23.2. The van der Waals surface area contributed by atoms with Gasteiger partial charge in [-0.15, -0.1) is 11.3 Å². The summed E-state index contributed by atoms with van der Waals surface area (Å²) in [6, 6.07) is 7.43. The van der Waals surface area contributed by atoms with E-state index in [2.05, 4.69) is 11.1 Å². The molecule has 1 aromatic heterocycles. The summed E-state index contributed by atoms with van der Waals surface area (Å²) in [7, 11) is 0. The van der Waals surface area contributed by atoms with Gasteiger partial charge in [-0.1, -0.05) is 18.6 Å². The van der Waals surface area contributed by atoms with Gasteiger partial charge in [-0.25, -0.2) is 4.98 Å². The second kappa shape index (κ2) is 6.93. The third-order valence-corrected chi connectivity index (χ3v) is 5.20. The molecule has 0 unspecified atom stereocenters. The molecule has 0 bridgehead atoms. The molecule has 0 amide bonds. The Kier molecular flexibility index (Phi) is 4.72. The molecule has 0 atom stereocenters. The molecule has 122 valence electrons. The van der Waals surface area contributed by atoms with E-state index in [1.807, 2.05) is 11.4 Å². The number of benzene rings is 1. The van der Waals surface area contributed by atoms with Crippen molar-refractivity contribution in [2.75, 3.05) is 0 Å². The number of nitro benzene ring substituents is 1. The van der Waals surface area contributed by atoms with Crippen molar-refractivity contribution in [3.63, 3.8) is 0 Å². The first kappa shape index (κ1) is 16.3. The molecular formula is C18H17N3O2S. The number of thiazole rings is 1. The predicted octanol–water partition coefficient (Wildman–Crippen LogP) is 5.27. The van der Waals surface area contributed by atoms with Gasteiger partial charge in [0.25, 0.3) is 5.69 Å². The van der Waals surface area contributed by atoms with Crippen molar-refractivity contribution in [2.45, 2.75) is 39.0 Å². The Bertz CT molecular complexity index is 853. The lowest BCUT2D eigenvalue weighted by molar-refractivity contribution is -0.385. The molecule has 24 heavy (non-hydrogen) atoms. The Morgan fingerprint density at radius 1 is 1.33 bits per heavy atom. The minimum atomic E-state index is -0.378. The predicted molar refractivity (Wildman–Crippen MR) is 94.6 cm³/mol. The smallest absolute Gasteiger partial charge is 0.258 e. The largest absolute Gasteiger partial charge is 0.272 e. The SMILES string of the molecule is Cc1ccc(-c2csc(C(C#N)=C3CCCCC3)n2)cc1[N+](=O)[O-]. The van der Waals surface area contributed by atoms with Gasteiger partial charge in [0.2, 0.25) is 0 Å². The first-order valence-corrected chi connectivity index (χ1v) is 8.81. The van der Waals surface area contributed by atoms with E-state index in [4.69, 9.17) is 0 Å². The van der Waals surface area contributed by atoms with Crippen LogP contribution in [-0.2, 0) is 0 Å². The van der Waals surface area contributed by atoms with Crippen molar-refractivity contribution in [2.24, 2.45) is 0 Å². The van der Waals surface area contributed by atoms with Crippen LogP contribution in [0.4, 0.5) is 5.69 Å². The Morgan fingerprint density at radius 3 is 2.75 bits per heavy atom. The highest BCUT2D eigenvalue weighted by atomic mass is 32.1. The van der Waals surface area contributed by atoms with E-state index < -0.39 is 0 Å². The van der Waals surface area contributed by atoms with Gasteiger partial charge in [0.05, 0.1) is 16.2 Å². The molecule has 3 rings (SSSR count). The summed E-state index contributed by atoms with van der Waals surface area (Å²) in [6.07, 6.45) is 5.41. The van der Waals surface area contributed by atoms with Gasteiger partial charge < -0.3 is 0 Å². The monoisotopic (exact) mass is 339 g/mol. The molecule has 1 aliphatic rings. The number of allylic oxidation sites excluding steroid dienone is 2. The van der Waals surface area contributed by atoms with Crippen molar-refractivity contribution >= 4 is 22.6 Å². The number of nitro groups is 1. The van der Waals surface area contributed by atoms with Crippen molar-refractivity contribution < 1.29 is 4.92 Å².